The molecular weight excluding hydrogens is 288 g/mol. The number of amides is 1. The molecule has 22 heavy (non-hydrogen) atoms. The van der Waals surface area contributed by atoms with Crippen molar-refractivity contribution in [3.8, 4) is 0 Å². The van der Waals surface area contributed by atoms with Crippen molar-refractivity contribution >= 4 is 16.9 Å². The number of aromatic nitrogens is 2. The third kappa shape index (κ3) is 2.81. The van der Waals surface area contributed by atoms with E-state index in [1.165, 1.54) is 0 Å². The van der Waals surface area contributed by atoms with Crippen molar-refractivity contribution in [2.75, 3.05) is 0 Å². The fourth-order valence-electron chi connectivity index (χ4n) is 2.21. The van der Waals surface area contributed by atoms with Gasteiger partial charge in [-0.25, -0.2) is 13.8 Å². The van der Waals surface area contributed by atoms with E-state index >= 15 is 0 Å². The van der Waals surface area contributed by atoms with Gasteiger partial charge in [0, 0.05) is 11.6 Å². The molecule has 1 heterocycles. The minimum atomic E-state index is -0.790. The molecule has 0 spiro atoms. The van der Waals surface area contributed by atoms with Gasteiger partial charge in [-0.3, -0.25) is 4.79 Å². The van der Waals surface area contributed by atoms with Gasteiger partial charge in [0.05, 0.1) is 17.1 Å². The zero-order valence-electron chi connectivity index (χ0n) is 11.7. The van der Waals surface area contributed by atoms with Crippen molar-refractivity contribution in [2.45, 2.75) is 13.0 Å². The van der Waals surface area contributed by atoms with Gasteiger partial charge in [0.1, 0.15) is 17.5 Å². The molecule has 1 unspecified atom stereocenters. The molecule has 0 aliphatic rings. The molecule has 1 amide bonds. The summed E-state index contributed by atoms with van der Waals surface area (Å²) in [6.45, 7) is 1.74. The maximum absolute atomic E-state index is 13.1. The summed E-state index contributed by atoms with van der Waals surface area (Å²) in [4.78, 5) is 19.5. The van der Waals surface area contributed by atoms with E-state index in [9.17, 15) is 13.6 Å². The zero-order valence-corrected chi connectivity index (χ0v) is 11.7. The standard InChI is InChI=1S/C16H13F2N3O/c1-9(15-20-13-4-2-3-5-14(13)21-15)19-16(22)10-6-11(17)8-12(18)7-10/h2-9H,1H3,(H,19,22)(H,20,21). The first-order valence-electron chi connectivity index (χ1n) is 6.74. The number of fused-ring (bicyclic) bond motifs is 1. The highest BCUT2D eigenvalue weighted by molar-refractivity contribution is 5.94. The summed E-state index contributed by atoms with van der Waals surface area (Å²) in [6, 6.07) is 9.75. The monoisotopic (exact) mass is 301 g/mol. The summed E-state index contributed by atoms with van der Waals surface area (Å²) < 4.78 is 26.3. The molecular formula is C16H13F2N3O. The first-order valence-corrected chi connectivity index (χ1v) is 6.74. The third-order valence-electron chi connectivity index (χ3n) is 3.29. The van der Waals surface area contributed by atoms with Crippen LogP contribution in [0.3, 0.4) is 0 Å². The van der Waals surface area contributed by atoms with E-state index in [0.717, 1.165) is 29.2 Å². The molecule has 3 aromatic rings. The van der Waals surface area contributed by atoms with Crippen LogP contribution in [0.2, 0.25) is 0 Å². The lowest BCUT2D eigenvalue weighted by Gasteiger charge is -2.11. The van der Waals surface area contributed by atoms with Crippen molar-refractivity contribution in [1.29, 1.82) is 0 Å². The molecule has 2 N–H and O–H groups in total. The second kappa shape index (κ2) is 5.55. The van der Waals surface area contributed by atoms with Crippen LogP contribution in [0.15, 0.2) is 42.5 Å². The summed E-state index contributed by atoms with van der Waals surface area (Å²) >= 11 is 0. The molecule has 1 atom stereocenters. The number of carbonyl (C=O) groups excluding carboxylic acids is 1. The Morgan fingerprint density at radius 2 is 1.86 bits per heavy atom. The molecule has 1 aromatic heterocycles. The van der Waals surface area contributed by atoms with Crippen LogP contribution in [-0.2, 0) is 0 Å². The molecule has 112 valence electrons. The highest BCUT2D eigenvalue weighted by Crippen LogP contribution is 2.16. The predicted molar refractivity (Wildman–Crippen MR) is 78.3 cm³/mol. The van der Waals surface area contributed by atoms with Crippen LogP contribution in [0.1, 0.15) is 29.1 Å². The number of imidazole rings is 1. The average Bonchev–Trinajstić information content (AvgIpc) is 2.90. The van der Waals surface area contributed by atoms with Crippen LogP contribution in [-0.4, -0.2) is 15.9 Å². The molecule has 0 fully saturated rings. The number of aromatic amines is 1. The molecule has 2 aromatic carbocycles. The van der Waals surface area contributed by atoms with E-state index in [-0.39, 0.29) is 5.56 Å². The molecule has 0 saturated heterocycles. The van der Waals surface area contributed by atoms with Crippen molar-refractivity contribution in [2.24, 2.45) is 0 Å². The lowest BCUT2D eigenvalue weighted by molar-refractivity contribution is 0.0937. The lowest BCUT2D eigenvalue weighted by Crippen LogP contribution is -2.27. The van der Waals surface area contributed by atoms with Gasteiger partial charge in [-0.2, -0.15) is 0 Å². The Morgan fingerprint density at radius 1 is 1.18 bits per heavy atom. The average molecular weight is 301 g/mol. The van der Waals surface area contributed by atoms with E-state index in [1.54, 1.807) is 6.92 Å². The van der Waals surface area contributed by atoms with Gasteiger partial charge >= 0.3 is 0 Å². The quantitative estimate of drug-likeness (QED) is 0.779. The second-order valence-electron chi connectivity index (χ2n) is 4.99. The fraction of sp³-hybridized carbons (Fsp3) is 0.125. The molecule has 6 heteroatoms. The van der Waals surface area contributed by atoms with Gasteiger partial charge < -0.3 is 10.3 Å². The summed E-state index contributed by atoms with van der Waals surface area (Å²) in [6.07, 6.45) is 0. The van der Waals surface area contributed by atoms with Crippen LogP contribution in [0, 0.1) is 11.6 Å². The highest BCUT2D eigenvalue weighted by atomic mass is 19.1. The van der Waals surface area contributed by atoms with Crippen molar-refractivity contribution in [1.82, 2.24) is 15.3 Å². The first kappa shape index (κ1) is 14.2. The number of H-pyrrole nitrogens is 1. The topological polar surface area (TPSA) is 57.8 Å². The number of rotatable bonds is 3. The number of nitrogens with zero attached hydrogens (tertiary/aromatic N) is 1. The normalized spacial score (nSPS) is 12.3. The minimum Gasteiger partial charge on any atom is -0.342 e. The summed E-state index contributed by atoms with van der Waals surface area (Å²) in [5, 5.41) is 2.66. The number of nitrogens with one attached hydrogen (secondary N) is 2. The number of benzene rings is 2. The summed E-state index contributed by atoms with van der Waals surface area (Å²) in [7, 11) is 0. The molecule has 0 bridgehead atoms. The molecule has 0 radical (unpaired) electrons. The SMILES string of the molecule is CC(NC(=O)c1cc(F)cc(F)c1)c1nc2ccccc2[nH]1. The number of para-hydroxylation sites is 2. The van der Waals surface area contributed by atoms with Crippen LogP contribution >= 0.6 is 0 Å². The van der Waals surface area contributed by atoms with Gasteiger partial charge in [-0.05, 0) is 31.2 Å². The highest BCUT2D eigenvalue weighted by Gasteiger charge is 2.16. The number of carbonyl (C=O) groups is 1. The Hall–Kier alpha value is -2.76. The largest absolute Gasteiger partial charge is 0.342 e. The molecule has 3 rings (SSSR count). The molecule has 0 aliphatic carbocycles. The minimum absolute atomic E-state index is 0.0690. The van der Waals surface area contributed by atoms with Gasteiger partial charge in [0.25, 0.3) is 5.91 Å². The fourth-order valence-corrected chi connectivity index (χ4v) is 2.21. The Kier molecular flexibility index (Phi) is 3.58. The van der Waals surface area contributed by atoms with E-state index in [1.807, 2.05) is 24.3 Å². The molecule has 0 saturated carbocycles. The second-order valence-corrected chi connectivity index (χ2v) is 4.99. The van der Waals surface area contributed by atoms with Crippen molar-refractivity contribution < 1.29 is 13.6 Å². The van der Waals surface area contributed by atoms with Gasteiger partial charge in [-0.1, -0.05) is 12.1 Å². The summed E-state index contributed by atoms with van der Waals surface area (Å²) in [5.74, 6) is -1.57. The summed E-state index contributed by atoms with van der Waals surface area (Å²) in [5.41, 5.74) is 1.58. The Bertz CT molecular complexity index is 791. The van der Waals surface area contributed by atoms with E-state index in [0.29, 0.717) is 5.82 Å². The third-order valence-corrected chi connectivity index (χ3v) is 3.29. The maximum Gasteiger partial charge on any atom is 0.252 e. The van der Waals surface area contributed by atoms with Gasteiger partial charge in [0.15, 0.2) is 0 Å². The van der Waals surface area contributed by atoms with Crippen LogP contribution in [0.25, 0.3) is 11.0 Å². The molecule has 4 nitrogen and oxygen atoms in total. The first-order chi connectivity index (χ1) is 10.5. The Labute approximate surface area is 125 Å². The zero-order chi connectivity index (χ0) is 15.7. The van der Waals surface area contributed by atoms with Crippen LogP contribution < -0.4 is 5.32 Å². The Morgan fingerprint density at radius 3 is 2.55 bits per heavy atom. The van der Waals surface area contributed by atoms with Crippen LogP contribution in [0.4, 0.5) is 8.78 Å². The van der Waals surface area contributed by atoms with E-state index in [4.69, 9.17) is 0 Å². The maximum atomic E-state index is 13.1. The van der Waals surface area contributed by atoms with Crippen molar-refractivity contribution in [3.63, 3.8) is 0 Å². The Balaban J connectivity index is 1.80. The number of halogens is 2. The number of hydrogen-bond donors (Lipinski definition) is 2. The lowest BCUT2D eigenvalue weighted by atomic mass is 10.2. The van der Waals surface area contributed by atoms with E-state index in [2.05, 4.69) is 15.3 Å². The van der Waals surface area contributed by atoms with Gasteiger partial charge in [-0.15, -0.1) is 0 Å². The smallest absolute Gasteiger partial charge is 0.252 e. The van der Waals surface area contributed by atoms with Gasteiger partial charge in [0.2, 0.25) is 0 Å². The predicted octanol–water partition coefficient (Wildman–Crippen LogP) is 3.33. The van der Waals surface area contributed by atoms with Crippen LogP contribution in [0.5, 0.6) is 0 Å². The molecule has 0 aliphatic heterocycles. The van der Waals surface area contributed by atoms with Crippen molar-refractivity contribution in [3.05, 3.63) is 65.5 Å². The van der Waals surface area contributed by atoms with E-state index < -0.39 is 23.6 Å². The number of hydrogen-bond acceptors (Lipinski definition) is 2.